The maximum atomic E-state index is 13.3. The second-order valence-electron chi connectivity index (χ2n) is 7.07. The number of ether oxygens (including phenoxy) is 1. The number of sulfone groups is 1. The van der Waals surface area contributed by atoms with Gasteiger partial charge in [-0.1, -0.05) is 24.3 Å². The van der Waals surface area contributed by atoms with Gasteiger partial charge in [0.1, 0.15) is 17.1 Å². The third-order valence-corrected chi connectivity index (χ3v) is 6.58. The summed E-state index contributed by atoms with van der Waals surface area (Å²) in [5.41, 5.74) is 3.79. The van der Waals surface area contributed by atoms with E-state index in [0.29, 0.717) is 22.7 Å². The molecule has 1 amide bonds. The van der Waals surface area contributed by atoms with E-state index in [-0.39, 0.29) is 23.1 Å². The molecule has 3 aromatic rings. The number of methoxy groups -OCH3 is 1. The fourth-order valence-electron chi connectivity index (χ4n) is 3.43. The number of nitrogens with one attached hydrogen (secondary N) is 1. The number of nitrogens with zero attached hydrogens (tertiary/aromatic N) is 2. The summed E-state index contributed by atoms with van der Waals surface area (Å²) >= 11 is 0. The summed E-state index contributed by atoms with van der Waals surface area (Å²) in [6, 6.07) is 12.9. The van der Waals surface area contributed by atoms with Gasteiger partial charge >= 0.3 is 0 Å². The number of carbonyl (C=O) groups is 1. The molecule has 0 radical (unpaired) electrons. The van der Waals surface area contributed by atoms with Crippen LogP contribution >= 0.6 is 0 Å². The smallest absolute Gasteiger partial charge is 0.274 e. The van der Waals surface area contributed by atoms with Crippen LogP contribution in [0.5, 0.6) is 5.75 Å². The molecule has 0 spiro atoms. The number of aromatic nitrogens is 2. The average molecular weight is 411 g/mol. The minimum atomic E-state index is -3.51. The molecule has 0 saturated heterocycles. The van der Waals surface area contributed by atoms with Gasteiger partial charge in [0.25, 0.3) is 5.91 Å². The van der Waals surface area contributed by atoms with Crippen molar-refractivity contribution in [3.63, 3.8) is 0 Å². The highest BCUT2D eigenvalue weighted by atomic mass is 32.2. The maximum absolute atomic E-state index is 13.3. The van der Waals surface area contributed by atoms with E-state index in [4.69, 9.17) is 4.74 Å². The van der Waals surface area contributed by atoms with Gasteiger partial charge in [-0.25, -0.2) is 13.4 Å². The number of aryl methyl sites for hydroxylation is 2. The first-order valence-corrected chi connectivity index (χ1v) is 10.8. The molecule has 2 aromatic carbocycles. The number of carbonyl (C=O) groups excluding carboxylic acids is 1. The summed E-state index contributed by atoms with van der Waals surface area (Å²) in [6.45, 7) is 4.05. The molecule has 2 heterocycles. The Kier molecular flexibility index (Phi) is 4.66. The number of fused-ring (bicyclic) bond motifs is 1. The molecule has 8 heteroatoms. The number of hydrogen-bond donors (Lipinski definition) is 1. The zero-order valence-electron chi connectivity index (χ0n) is 16.4. The predicted molar refractivity (Wildman–Crippen MR) is 110 cm³/mol. The lowest BCUT2D eigenvalue weighted by atomic mass is 10.1. The highest BCUT2D eigenvalue weighted by Gasteiger charge is 2.35. The standard InChI is InChI=1S/C21H21N3O4S/c1-13-7-8-14(2)17(11-13)22-20(25)19-18(15-5-4-6-16(12-15)28-3)23-21-24(19)9-10-29(21,26)27/h4-8,11-12H,9-10H2,1-3H3,(H,22,25). The van der Waals surface area contributed by atoms with Gasteiger partial charge in [0, 0.05) is 17.8 Å². The van der Waals surface area contributed by atoms with Crippen molar-refractivity contribution < 1.29 is 17.9 Å². The Morgan fingerprint density at radius 2 is 1.97 bits per heavy atom. The van der Waals surface area contributed by atoms with Crippen LogP contribution in [0.2, 0.25) is 0 Å². The monoisotopic (exact) mass is 411 g/mol. The summed E-state index contributed by atoms with van der Waals surface area (Å²) in [5.74, 6) is 0.143. The Morgan fingerprint density at radius 3 is 2.72 bits per heavy atom. The molecule has 1 aromatic heterocycles. The Labute approximate surface area is 169 Å². The Bertz CT molecular complexity index is 1230. The number of amides is 1. The Hall–Kier alpha value is -3.13. The molecule has 7 nitrogen and oxygen atoms in total. The molecule has 1 aliphatic heterocycles. The number of hydrogen-bond acceptors (Lipinski definition) is 5. The molecule has 1 N–H and O–H groups in total. The first-order chi connectivity index (χ1) is 13.8. The molecule has 0 atom stereocenters. The van der Waals surface area contributed by atoms with E-state index < -0.39 is 15.7 Å². The van der Waals surface area contributed by atoms with E-state index in [9.17, 15) is 13.2 Å². The van der Waals surface area contributed by atoms with Crippen molar-refractivity contribution >= 4 is 21.4 Å². The first-order valence-electron chi connectivity index (χ1n) is 9.16. The third kappa shape index (κ3) is 3.40. The van der Waals surface area contributed by atoms with Crippen LogP contribution in [-0.4, -0.2) is 36.7 Å². The molecule has 0 fully saturated rings. The summed E-state index contributed by atoms with van der Waals surface area (Å²) in [5, 5.41) is 2.86. The van der Waals surface area contributed by atoms with Crippen LogP contribution < -0.4 is 10.1 Å². The minimum absolute atomic E-state index is 0.0581. The van der Waals surface area contributed by atoms with E-state index in [2.05, 4.69) is 10.3 Å². The van der Waals surface area contributed by atoms with Crippen LogP contribution in [0.15, 0.2) is 47.6 Å². The average Bonchev–Trinajstić information content (AvgIpc) is 3.22. The van der Waals surface area contributed by atoms with Gasteiger partial charge in [0.15, 0.2) is 0 Å². The van der Waals surface area contributed by atoms with Gasteiger partial charge in [-0.05, 0) is 43.2 Å². The van der Waals surface area contributed by atoms with Crippen molar-refractivity contribution in [1.29, 1.82) is 0 Å². The van der Waals surface area contributed by atoms with Crippen LogP contribution in [0.4, 0.5) is 5.69 Å². The molecular weight excluding hydrogens is 390 g/mol. The van der Waals surface area contributed by atoms with E-state index in [1.807, 2.05) is 32.0 Å². The van der Waals surface area contributed by atoms with E-state index >= 15 is 0 Å². The highest BCUT2D eigenvalue weighted by molar-refractivity contribution is 7.91. The van der Waals surface area contributed by atoms with Gasteiger partial charge in [-0.2, -0.15) is 0 Å². The van der Waals surface area contributed by atoms with Crippen LogP contribution in [0.3, 0.4) is 0 Å². The number of imidazole rings is 1. The zero-order valence-corrected chi connectivity index (χ0v) is 17.2. The zero-order chi connectivity index (χ0) is 20.8. The van der Waals surface area contributed by atoms with E-state index in [1.165, 1.54) is 4.57 Å². The minimum Gasteiger partial charge on any atom is -0.497 e. The van der Waals surface area contributed by atoms with Crippen molar-refractivity contribution in [2.45, 2.75) is 25.5 Å². The van der Waals surface area contributed by atoms with Crippen LogP contribution in [-0.2, 0) is 16.4 Å². The van der Waals surface area contributed by atoms with Crippen molar-refractivity contribution in [1.82, 2.24) is 9.55 Å². The molecule has 0 saturated carbocycles. The lowest BCUT2D eigenvalue weighted by molar-refractivity contribution is 0.101. The second-order valence-corrected chi connectivity index (χ2v) is 9.07. The normalized spacial score (nSPS) is 14.4. The summed E-state index contributed by atoms with van der Waals surface area (Å²) in [7, 11) is -1.97. The quantitative estimate of drug-likeness (QED) is 0.712. The van der Waals surface area contributed by atoms with Crippen molar-refractivity contribution in [2.75, 3.05) is 18.2 Å². The van der Waals surface area contributed by atoms with Gasteiger partial charge in [-0.3, -0.25) is 4.79 Å². The lowest BCUT2D eigenvalue weighted by Gasteiger charge is -2.12. The molecule has 0 unspecified atom stereocenters. The molecule has 150 valence electrons. The fourth-order valence-corrected chi connectivity index (χ4v) is 4.79. The summed E-state index contributed by atoms with van der Waals surface area (Å²) in [6.07, 6.45) is 0. The summed E-state index contributed by atoms with van der Waals surface area (Å²) < 4.78 is 31.6. The van der Waals surface area contributed by atoms with Gasteiger partial charge in [-0.15, -0.1) is 0 Å². The second kappa shape index (κ2) is 7.04. The van der Waals surface area contributed by atoms with E-state index in [1.54, 1.807) is 31.4 Å². The van der Waals surface area contributed by atoms with Gasteiger partial charge in [0.05, 0.1) is 12.9 Å². The molecule has 4 rings (SSSR count). The first kappa shape index (κ1) is 19.2. The predicted octanol–water partition coefficient (Wildman–Crippen LogP) is 3.22. The topological polar surface area (TPSA) is 90.3 Å². The molecule has 0 aliphatic carbocycles. The largest absolute Gasteiger partial charge is 0.497 e. The lowest BCUT2D eigenvalue weighted by Crippen LogP contribution is -2.18. The van der Waals surface area contributed by atoms with Crippen LogP contribution in [0.1, 0.15) is 21.6 Å². The fraction of sp³-hybridized carbons (Fsp3) is 0.238. The highest BCUT2D eigenvalue weighted by Crippen LogP contribution is 2.32. The van der Waals surface area contributed by atoms with Gasteiger partial charge in [0.2, 0.25) is 15.0 Å². The number of benzene rings is 2. The van der Waals surface area contributed by atoms with Gasteiger partial charge < -0.3 is 14.6 Å². The van der Waals surface area contributed by atoms with Crippen LogP contribution in [0, 0.1) is 13.8 Å². The maximum Gasteiger partial charge on any atom is 0.274 e. The molecular formula is C21H21N3O4S. The molecule has 29 heavy (non-hydrogen) atoms. The Morgan fingerprint density at radius 1 is 1.17 bits per heavy atom. The van der Waals surface area contributed by atoms with Crippen molar-refractivity contribution in [3.8, 4) is 17.0 Å². The summed E-state index contributed by atoms with van der Waals surface area (Å²) in [4.78, 5) is 17.6. The number of anilines is 1. The SMILES string of the molecule is COc1cccc(-c2nc3n(c2C(=O)Nc2cc(C)ccc2C)CCS3(=O)=O)c1. The van der Waals surface area contributed by atoms with Crippen molar-refractivity contribution in [3.05, 3.63) is 59.3 Å². The molecule has 0 bridgehead atoms. The van der Waals surface area contributed by atoms with E-state index in [0.717, 1.165) is 11.1 Å². The molecule has 1 aliphatic rings. The van der Waals surface area contributed by atoms with Crippen LogP contribution in [0.25, 0.3) is 11.3 Å². The van der Waals surface area contributed by atoms with Crippen molar-refractivity contribution in [2.24, 2.45) is 0 Å². The third-order valence-electron chi connectivity index (χ3n) is 4.99. The number of rotatable bonds is 4. The Balaban J connectivity index is 1.85.